The number of carbonyl (C=O) groups is 3. The van der Waals surface area contributed by atoms with Crippen molar-refractivity contribution >= 4 is 23.6 Å². The van der Waals surface area contributed by atoms with Crippen molar-refractivity contribution in [3.63, 3.8) is 0 Å². The van der Waals surface area contributed by atoms with Gasteiger partial charge in [-0.3, -0.25) is 14.9 Å². The summed E-state index contributed by atoms with van der Waals surface area (Å²) in [4.78, 5) is 36.4. The molecule has 0 saturated heterocycles. The lowest BCUT2D eigenvalue weighted by Crippen LogP contribution is -3.14. The first-order chi connectivity index (χ1) is 12.3. The number of hydrogen-bond donors (Lipinski definition) is 3. The topological polar surface area (TPSA) is 88.9 Å². The molecule has 0 spiro atoms. The van der Waals surface area contributed by atoms with Crippen molar-refractivity contribution < 1.29 is 24.0 Å². The molecule has 0 radical (unpaired) electrons. The van der Waals surface area contributed by atoms with Crippen LogP contribution < -0.4 is 15.5 Å². The Kier molecular flexibility index (Phi) is 8.78. The Bertz CT molecular complexity index is 644. The van der Waals surface area contributed by atoms with Gasteiger partial charge in [0.2, 0.25) is 0 Å². The molecule has 0 heterocycles. The van der Waals surface area contributed by atoms with Gasteiger partial charge in [0.1, 0.15) is 0 Å². The van der Waals surface area contributed by atoms with Crippen molar-refractivity contribution in [1.82, 2.24) is 5.32 Å². The lowest BCUT2D eigenvalue weighted by atomic mass is 9.98. The molecule has 0 aromatic heterocycles. The second-order valence-corrected chi connectivity index (χ2v) is 6.47. The first-order valence-corrected chi connectivity index (χ1v) is 8.97. The molecule has 3 N–H and O–H groups in total. The van der Waals surface area contributed by atoms with Crippen molar-refractivity contribution in [3.8, 4) is 0 Å². The number of rotatable bonds is 8. The largest absolute Gasteiger partial charge is 0.450 e. The lowest BCUT2D eigenvalue weighted by Gasteiger charge is -2.19. The number of nitrogens with one attached hydrogen (secondary N) is 3. The fourth-order valence-electron chi connectivity index (χ4n) is 2.62. The number of anilines is 1. The molecular formula is C19H30N3O4+. The number of benzene rings is 1. The number of aryl methyl sites for hydroxylation is 1. The van der Waals surface area contributed by atoms with E-state index in [1.807, 2.05) is 32.0 Å². The van der Waals surface area contributed by atoms with E-state index in [9.17, 15) is 14.4 Å². The molecule has 26 heavy (non-hydrogen) atoms. The minimum atomic E-state index is -0.765. The first kappa shape index (κ1) is 21.6. The second-order valence-electron chi connectivity index (χ2n) is 6.47. The molecule has 7 heteroatoms. The minimum absolute atomic E-state index is 0.0214. The van der Waals surface area contributed by atoms with Crippen LogP contribution in [0.2, 0.25) is 0 Å². The molecule has 1 atom stereocenters. The molecule has 0 fully saturated rings. The number of hydrogen-bond acceptors (Lipinski definition) is 4. The lowest BCUT2D eigenvalue weighted by molar-refractivity contribution is -0.881. The molecule has 1 aromatic carbocycles. The van der Waals surface area contributed by atoms with Crippen LogP contribution in [0.25, 0.3) is 0 Å². The normalized spacial score (nSPS) is 11.8. The number of ether oxygens (including phenoxy) is 1. The molecule has 3 amide bonds. The van der Waals surface area contributed by atoms with E-state index in [4.69, 9.17) is 0 Å². The third kappa shape index (κ3) is 6.84. The number of imide groups is 1. The third-order valence-electron chi connectivity index (χ3n) is 4.03. The molecule has 1 rings (SSSR count). The molecule has 0 saturated carbocycles. The van der Waals surface area contributed by atoms with Crippen molar-refractivity contribution in [2.24, 2.45) is 0 Å². The highest BCUT2D eigenvalue weighted by Crippen LogP contribution is 2.27. The Morgan fingerprint density at radius 3 is 2.35 bits per heavy atom. The van der Waals surface area contributed by atoms with E-state index >= 15 is 0 Å². The molecule has 0 bridgehead atoms. The van der Waals surface area contributed by atoms with Crippen LogP contribution in [-0.4, -0.2) is 44.1 Å². The summed E-state index contributed by atoms with van der Waals surface area (Å²) in [5, 5.41) is 5.13. The number of carbonyl (C=O) groups excluding carboxylic acids is 3. The van der Waals surface area contributed by atoms with Crippen LogP contribution in [0.5, 0.6) is 0 Å². The number of likely N-dealkylation sites (N-methyl/N-ethyl adjacent to an activating group) is 1. The summed E-state index contributed by atoms with van der Waals surface area (Å²) in [6, 6.07) is 5.94. The monoisotopic (exact) mass is 364 g/mol. The molecule has 144 valence electrons. The standard InChI is InChI=1S/C19H29N3O4/c1-6-22(12-17(24)21-19(25)26-7-2)11-16(23)20-18-14(5)9-8-10-15(18)13(3)4/h8-10,13H,6-7,11-12H2,1-5H3,(H,20,23)(H,21,24,25)/p+1. The van der Waals surface area contributed by atoms with Gasteiger partial charge >= 0.3 is 6.09 Å². The number of quaternary nitrogens is 1. The summed E-state index contributed by atoms with van der Waals surface area (Å²) in [5.74, 6) is -0.343. The predicted molar refractivity (Wildman–Crippen MR) is 100 cm³/mol. The molecule has 0 aliphatic heterocycles. The maximum absolute atomic E-state index is 12.5. The summed E-state index contributed by atoms with van der Waals surface area (Å²) in [6.45, 7) is 10.6. The van der Waals surface area contributed by atoms with Crippen molar-refractivity contribution in [1.29, 1.82) is 0 Å². The van der Waals surface area contributed by atoms with E-state index < -0.39 is 12.0 Å². The summed E-state index contributed by atoms with van der Waals surface area (Å²) < 4.78 is 4.68. The van der Waals surface area contributed by atoms with E-state index in [0.717, 1.165) is 21.7 Å². The van der Waals surface area contributed by atoms with Crippen LogP contribution in [-0.2, 0) is 14.3 Å². The van der Waals surface area contributed by atoms with Gasteiger partial charge in [-0.15, -0.1) is 0 Å². The van der Waals surface area contributed by atoms with Crippen LogP contribution >= 0.6 is 0 Å². The highest BCUT2D eigenvalue weighted by molar-refractivity contribution is 5.94. The summed E-state index contributed by atoms with van der Waals surface area (Å²) in [7, 11) is 0. The highest BCUT2D eigenvalue weighted by atomic mass is 16.5. The molecule has 1 aromatic rings. The van der Waals surface area contributed by atoms with Gasteiger partial charge < -0.3 is 15.0 Å². The maximum Gasteiger partial charge on any atom is 0.414 e. The fourth-order valence-corrected chi connectivity index (χ4v) is 2.62. The van der Waals surface area contributed by atoms with Gasteiger partial charge in [0.15, 0.2) is 13.1 Å². The summed E-state index contributed by atoms with van der Waals surface area (Å²) in [5.41, 5.74) is 2.91. The summed E-state index contributed by atoms with van der Waals surface area (Å²) >= 11 is 0. The van der Waals surface area contributed by atoms with Crippen molar-refractivity contribution in [2.75, 3.05) is 31.6 Å². The molecule has 7 nitrogen and oxygen atoms in total. The summed E-state index contributed by atoms with van der Waals surface area (Å²) in [6.07, 6.45) is -0.765. The zero-order valence-corrected chi connectivity index (χ0v) is 16.3. The van der Waals surface area contributed by atoms with E-state index in [2.05, 4.69) is 29.2 Å². The third-order valence-corrected chi connectivity index (χ3v) is 4.03. The van der Waals surface area contributed by atoms with E-state index in [1.165, 1.54) is 0 Å². The smallest absolute Gasteiger partial charge is 0.414 e. The van der Waals surface area contributed by atoms with Gasteiger partial charge in [0, 0.05) is 5.69 Å². The maximum atomic E-state index is 12.5. The number of amides is 3. The molecule has 1 unspecified atom stereocenters. The van der Waals surface area contributed by atoms with E-state index in [-0.39, 0.29) is 31.5 Å². The number of alkyl carbamates (subject to hydrolysis) is 1. The van der Waals surface area contributed by atoms with Gasteiger partial charge in [0.05, 0.1) is 13.2 Å². The molecular weight excluding hydrogens is 334 g/mol. The molecule has 0 aliphatic carbocycles. The predicted octanol–water partition coefficient (Wildman–Crippen LogP) is 1.23. The van der Waals surface area contributed by atoms with Crippen LogP contribution in [0, 0.1) is 6.92 Å². The Morgan fingerprint density at radius 1 is 1.12 bits per heavy atom. The quantitative estimate of drug-likeness (QED) is 0.647. The fraction of sp³-hybridized carbons (Fsp3) is 0.526. The Balaban J connectivity index is 2.68. The average Bonchev–Trinajstić information content (AvgIpc) is 2.55. The van der Waals surface area contributed by atoms with Crippen molar-refractivity contribution in [3.05, 3.63) is 29.3 Å². The minimum Gasteiger partial charge on any atom is -0.450 e. The first-order valence-electron chi connectivity index (χ1n) is 8.97. The van der Waals surface area contributed by atoms with Crippen LogP contribution in [0.15, 0.2) is 18.2 Å². The van der Waals surface area contributed by atoms with Gasteiger partial charge in [0.25, 0.3) is 11.8 Å². The molecule has 0 aliphatic rings. The zero-order valence-electron chi connectivity index (χ0n) is 16.3. The second kappa shape index (κ2) is 10.6. The number of para-hydroxylation sites is 1. The zero-order chi connectivity index (χ0) is 19.7. The van der Waals surface area contributed by atoms with Crippen LogP contribution in [0.3, 0.4) is 0 Å². The van der Waals surface area contributed by atoms with Crippen LogP contribution in [0.1, 0.15) is 44.7 Å². The van der Waals surface area contributed by atoms with Crippen molar-refractivity contribution in [2.45, 2.75) is 40.5 Å². The van der Waals surface area contributed by atoms with Gasteiger partial charge in [-0.1, -0.05) is 32.0 Å². The Hall–Kier alpha value is -2.41. The van der Waals surface area contributed by atoms with E-state index in [1.54, 1.807) is 6.92 Å². The van der Waals surface area contributed by atoms with E-state index in [0.29, 0.717) is 6.54 Å². The van der Waals surface area contributed by atoms with Gasteiger partial charge in [-0.25, -0.2) is 4.79 Å². The SMILES string of the molecule is CCOC(=O)NC(=O)C[NH+](CC)CC(=O)Nc1c(C)cccc1C(C)C. The van der Waals surface area contributed by atoms with Gasteiger partial charge in [-0.2, -0.15) is 0 Å². The highest BCUT2D eigenvalue weighted by Gasteiger charge is 2.20. The Morgan fingerprint density at radius 2 is 1.77 bits per heavy atom. The van der Waals surface area contributed by atoms with Crippen LogP contribution in [0.4, 0.5) is 10.5 Å². The average molecular weight is 364 g/mol. The Labute approximate surface area is 155 Å². The van der Waals surface area contributed by atoms with Gasteiger partial charge in [-0.05, 0) is 37.8 Å².